The number of fused-ring (bicyclic) bond motifs is 1. The summed E-state index contributed by atoms with van der Waals surface area (Å²) in [6, 6.07) is 15.8. The lowest BCUT2D eigenvalue weighted by atomic mass is 10.1. The van der Waals surface area contributed by atoms with Crippen LogP contribution in [0.2, 0.25) is 5.02 Å². The Balaban J connectivity index is 1.51. The monoisotopic (exact) mass is 441 g/mol. The van der Waals surface area contributed by atoms with Crippen LogP contribution in [0.1, 0.15) is 45.4 Å². The summed E-state index contributed by atoms with van der Waals surface area (Å²) < 4.78 is 8.16. The third-order valence-corrected chi connectivity index (χ3v) is 5.57. The third kappa shape index (κ3) is 6.73. The molecule has 0 saturated carbocycles. The first-order valence-corrected chi connectivity index (χ1v) is 11.5. The Morgan fingerprint density at radius 1 is 1.06 bits per heavy atom. The highest BCUT2D eigenvalue weighted by molar-refractivity contribution is 6.32. The molecule has 6 heteroatoms. The minimum absolute atomic E-state index is 0.0433. The lowest BCUT2D eigenvalue weighted by molar-refractivity contribution is -0.123. The number of hydrogen-bond donors (Lipinski definition) is 1. The number of carbonyl (C=O) groups excluding carboxylic acids is 1. The Morgan fingerprint density at radius 3 is 2.65 bits per heavy atom. The van der Waals surface area contributed by atoms with Gasteiger partial charge in [-0.2, -0.15) is 0 Å². The van der Waals surface area contributed by atoms with E-state index in [9.17, 15) is 4.79 Å². The van der Waals surface area contributed by atoms with Crippen molar-refractivity contribution in [2.45, 2.75) is 52.5 Å². The largest absolute Gasteiger partial charge is 0.492 e. The van der Waals surface area contributed by atoms with Gasteiger partial charge in [0.1, 0.15) is 11.6 Å². The molecule has 1 aromatic heterocycles. The topological polar surface area (TPSA) is 56.2 Å². The maximum Gasteiger partial charge on any atom is 0.222 e. The van der Waals surface area contributed by atoms with Crippen molar-refractivity contribution in [1.29, 1.82) is 0 Å². The molecular formula is C25H32ClN3O2. The van der Waals surface area contributed by atoms with Gasteiger partial charge < -0.3 is 14.6 Å². The number of benzene rings is 2. The van der Waals surface area contributed by atoms with Crippen molar-refractivity contribution in [3.63, 3.8) is 0 Å². The number of amides is 1. The molecule has 31 heavy (non-hydrogen) atoms. The van der Waals surface area contributed by atoms with Crippen LogP contribution in [0.25, 0.3) is 11.0 Å². The summed E-state index contributed by atoms with van der Waals surface area (Å²) in [5.41, 5.74) is 2.20. The Morgan fingerprint density at radius 2 is 1.84 bits per heavy atom. The van der Waals surface area contributed by atoms with E-state index in [2.05, 4.69) is 28.1 Å². The van der Waals surface area contributed by atoms with Crippen LogP contribution in [-0.4, -0.2) is 28.6 Å². The minimum atomic E-state index is 0.0433. The van der Waals surface area contributed by atoms with E-state index in [1.165, 1.54) is 5.52 Å². The van der Waals surface area contributed by atoms with E-state index < -0.39 is 0 Å². The highest BCUT2D eigenvalue weighted by atomic mass is 35.5. The van der Waals surface area contributed by atoms with Crippen molar-refractivity contribution in [3.8, 4) is 5.75 Å². The van der Waals surface area contributed by atoms with Crippen LogP contribution >= 0.6 is 11.6 Å². The molecule has 0 aliphatic heterocycles. The van der Waals surface area contributed by atoms with Gasteiger partial charge in [0.15, 0.2) is 0 Å². The van der Waals surface area contributed by atoms with Crippen molar-refractivity contribution in [2.75, 3.05) is 13.2 Å². The molecule has 0 fully saturated rings. The first kappa shape index (κ1) is 23.1. The second kappa shape index (κ2) is 11.8. The lowest BCUT2D eigenvalue weighted by Gasteiger charge is -2.11. The van der Waals surface area contributed by atoms with Gasteiger partial charge in [-0.1, -0.05) is 56.1 Å². The molecule has 166 valence electrons. The predicted octanol–water partition coefficient (Wildman–Crippen LogP) is 5.64. The van der Waals surface area contributed by atoms with E-state index in [1.54, 1.807) is 0 Å². The number of ether oxygens (including phenoxy) is 1. The first-order valence-electron chi connectivity index (χ1n) is 11.2. The smallest absolute Gasteiger partial charge is 0.222 e. The normalized spacial score (nSPS) is 11.2. The summed E-state index contributed by atoms with van der Waals surface area (Å²) in [4.78, 5) is 16.5. The molecule has 0 aliphatic carbocycles. The SMILES string of the molecule is CC(C)C(=O)NCCCCCc1nc2ccccc2n1CCCOc1ccccc1Cl. The molecule has 0 bridgehead atoms. The molecule has 3 aromatic rings. The van der Waals surface area contributed by atoms with Crippen molar-refractivity contribution in [1.82, 2.24) is 14.9 Å². The summed E-state index contributed by atoms with van der Waals surface area (Å²) in [7, 11) is 0. The number of aromatic nitrogens is 2. The quantitative estimate of drug-likeness (QED) is 0.370. The van der Waals surface area contributed by atoms with Gasteiger partial charge in [0.05, 0.1) is 22.7 Å². The van der Waals surface area contributed by atoms with Gasteiger partial charge >= 0.3 is 0 Å². The van der Waals surface area contributed by atoms with Crippen LogP contribution in [0.5, 0.6) is 5.75 Å². The van der Waals surface area contributed by atoms with Gasteiger partial charge in [0.25, 0.3) is 0 Å². The fraction of sp³-hybridized carbons (Fsp3) is 0.440. The number of nitrogens with zero attached hydrogens (tertiary/aromatic N) is 2. The van der Waals surface area contributed by atoms with Gasteiger partial charge in [0, 0.05) is 25.4 Å². The van der Waals surface area contributed by atoms with Gasteiger partial charge in [-0.05, 0) is 43.5 Å². The first-order chi connectivity index (χ1) is 15.1. The van der Waals surface area contributed by atoms with E-state index >= 15 is 0 Å². The highest BCUT2D eigenvalue weighted by Gasteiger charge is 2.11. The molecule has 1 heterocycles. The minimum Gasteiger partial charge on any atom is -0.492 e. The number of halogens is 1. The van der Waals surface area contributed by atoms with Crippen molar-refractivity contribution in [3.05, 3.63) is 59.4 Å². The van der Waals surface area contributed by atoms with Crippen LogP contribution in [0.3, 0.4) is 0 Å². The number of unbranched alkanes of at least 4 members (excludes halogenated alkanes) is 2. The van der Waals surface area contributed by atoms with Gasteiger partial charge in [-0.3, -0.25) is 4.79 Å². The van der Waals surface area contributed by atoms with Crippen LogP contribution in [0.4, 0.5) is 0 Å². The number of para-hydroxylation sites is 3. The second-order valence-electron chi connectivity index (χ2n) is 8.06. The summed E-state index contributed by atoms with van der Waals surface area (Å²) in [6.45, 7) is 6.03. The summed E-state index contributed by atoms with van der Waals surface area (Å²) in [5, 5.41) is 3.62. The van der Waals surface area contributed by atoms with Crippen LogP contribution in [0.15, 0.2) is 48.5 Å². The van der Waals surface area contributed by atoms with Gasteiger partial charge in [-0.15, -0.1) is 0 Å². The molecule has 5 nitrogen and oxygen atoms in total. The highest BCUT2D eigenvalue weighted by Crippen LogP contribution is 2.23. The number of carbonyl (C=O) groups is 1. The molecule has 3 rings (SSSR count). The fourth-order valence-corrected chi connectivity index (χ4v) is 3.72. The Kier molecular flexibility index (Phi) is 8.77. The summed E-state index contributed by atoms with van der Waals surface area (Å²) in [6.07, 6.45) is 4.91. The van der Waals surface area contributed by atoms with Crippen LogP contribution < -0.4 is 10.1 Å². The Bertz CT molecular complexity index is 984. The second-order valence-corrected chi connectivity index (χ2v) is 8.46. The number of nitrogens with one attached hydrogen (secondary N) is 1. The maximum absolute atomic E-state index is 11.6. The zero-order chi connectivity index (χ0) is 22.1. The summed E-state index contributed by atoms with van der Waals surface area (Å²) in [5.74, 6) is 2.01. The average molecular weight is 442 g/mol. The average Bonchev–Trinajstić information content (AvgIpc) is 3.12. The molecule has 0 aliphatic rings. The maximum atomic E-state index is 11.6. The van der Waals surface area contributed by atoms with E-state index in [-0.39, 0.29) is 11.8 Å². The Hall–Kier alpha value is -2.53. The molecule has 1 amide bonds. The van der Waals surface area contributed by atoms with Crippen LogP contribution in [-0.2, 0) is 17.8 Å². The number of rotatable bonds is 12. The van der Waals surface area contributed by atoms with E-state index in [4.69, 9.17) is 21.3 Å². The fourth-order valence-electron chi connectivity index (χ4n) is 3.53. The molecule has 0 spiro atoms. The molecule has 1 N–H and O–H groups in total. The zero-order valence-corrected chi connectivity index (χ0v) is 19.2. The van der Waals surface area contributed by atoms with Gasteiger partial charge in [0.2, 0.25) is 5.91 Å². The molecule has 0 saturated heterocycles. The number of hydrogen-bond acceptors (Lipinski definition) is 3. The molecule has 2 aromatic carbocycles. The third-order valence-electron chi connectivity index (χ3n) is 5.25. The van der Waals surface area contributed by atoms with E-state index in [0.29, 0.717) is 11.6 Å². The zero-order valence-electron chi connectivity index (χ0n) is 18.4. The van der Waals surface area contributed by atoms with Crippen molar-refractivity contribution >= 4 is 28.5 Å². The molecular weight excluding hydrogens is 410 g/mol. The number of aryl methyl sites for hydroxylation is 2. The lowest BCUT2D eigenvalue weighted by Crippen LogP contribution is -2.28. The standard InChI is InChI=1S/C25H32ClN3O2/c1-19(2)25(30)27-16-9-3-4-15-24-28-21-12-6-7-13-22(21)29(24)17-10-18-31-23-14-8-5-11-20(23)26/h5-8,11-14,19H,3-4,9-10,15-18H2,1-2H3,(H,27,30). The van der Waals surface area contributed by atoms with E-state index in [0.717, 1.165) is 62.3 Å². The van der Waals surface area contributed by atoms with Crippen molar-refractivity contribution in [2.24, 2.45) is 5.92 Å². The molecule has 0 atom stereocenters. The van der Waals surface area contributed by atoms with Gasteiger partial charge in [-0.25, -0.2) is 4.98 Å². The summed E-state index contributed by atoms with van der Waals surface area (Å²) >= 11 is 6.17. The Labute approximate surface area is 189 Å². The predicted molar refractivity (Wildman–Crippen MR) is 127 cm³/mol. The van der Waals surface area contributed by atoms with Crippen LogP contribution in [0, 0.1) is 5.92 Å². The van der Waals surface area contributed by atoms with E-state index in [1.807, 2.05) is 44.2 Å². The van der Waals surface area contributed by atoms with Crippen molar-refractivity contribution < 1.29 is 9.53 Å². The molecule has 0 radical (unpaired) electrons. The number of imidazole rings is 1. The molecule has 0 unspecified atom stereocenters.